The van der Waals surface area contributed by atoms with E-state index in [0.717, 1.165) is 22.2 Å². The largest absolute Gasteiger partial charge is 0.491 e. The molecule has 0 spiro atoms. The second-order valence-corrected chi connectivity index (χ2v) is 9.61. The van der Waals surface area contributed by atoms with Crippen molar-refractivity contribution in [2.75, 3.05) is 13.2 Å². The van der Waals surface area contributed by atoms with E-state index >= 15 is 0 Å². The lowest BCUT2D eigenvalue weighted by Gasteiger charge is -2.17. The summed E-state index contributed by atoms with van der Waals surface area (Å²) in [6.07, 6.45) is 3.39. The van der Waals surface area contributed by atoms with Gasteiger partial charge in [0, 0.05) is 41.5 Å². The van der Waals surface area contributed by atoms with Crippen LogP contribution in [0.2, 0.25) is 0 Å². The lowest BCUT2D eigenvalue weighted by atomic mass is 10.0. The molecule has 1 fully saturated rings. The third kappa shape index (κ3) is 4.92. The first-order valence-corrected chi connectivity index (χ1v) is 11.9. The number of ether oxygens (including phenoxy) is 3. The van der Waals surface area contributed by atoms with E-state index in [1.807, 2.05) is 56.4 Å². The predicted molar refractivity (Wildman–Crippen MR) is 133 cm³/mol. The number of nitrogens with zero attached hydrogens (tertiary/aromatic N) is 2. The number of benzene rings is 2. The molecule has 5 rings (SSSR count). The van der Waals surface area contributed by atoms with E-state index in [-0.39, 0.29) is 11.9 Å². The molecule has 174 valence electrons. The van der Waals surface area contributed by atoms with Crippen LogP contribution in [-0.4, -0.2) is 40.4 Å². The Morgan fingerprint density at radius 3 is 2.71 bits per heavy atom. The van der Waals surface area contributed by atoms with Crippen LogP contribution in [0.1, 0.15) is 35.3 Å². The number of hydrogen-bond donors (Lipinski definition) is 0. The minimum atomic E-state index is -0.584. The second-order valence-electron chi connectivity index (χ2n) is 8.80. The molecule has 0 bridgehead atoms. The summed E-state index contributed by atoms with van der Waals surface area (Å²) in [5, 5.41) is 0.873. The summed E-state index contributed by atoms with van der Waals surface area (Å²) in [5.41, 5.74) is 3.26. The van der Waals surface area contributed by atoms with Crippen molar-refractivity contribution in [2.45, 2.75) is 32.3 Å². The van der Waals surface area contributed by atoms with Crippen LogP contribution in [-0.2, 0) is 16.0 Å². The highest BCUT2D eigenvalue weighted by Crippen LogP contribution is 2.29. The Morgan fingerprint density at radius 1 is 1.18 bits per heavy atom. The molecule has 3 heterocycles. The molecule has 0 N–H and O–H groups in total. The third-order valence-corrected chi connectivity index (χ3v) is 6.26. The van der Waals surface area contributed by atoms with Crippen LogP contribution in [0.4, 0.5) is 0 Å². The van der Waals surface area contributed by atoms with Crippen molar-refractivity contribution >= 4 is 32.6 Å². The van der Waals surface area contributed by atoms with Gasteiger partial charge in [-0.1, -0.05) is 30.3 Å². The van der Waals surface area contributed by atoms with Gasteiger partial charge in [0.2, 0.25) is 0 Å². The Hall–Kier alpha value is -3.00. The van der Waals surface area contributed by atoms with Crippen LogP contribution in [0.25, 0.3) is 10.9 Å². The second kappa shape index (κ2) is 9.33. The molecule has 0 amide bonds. The van der Waals surface area contributed by atoms with E-state index in [0.29, 0.717) is 35.5 Å². The van der Waals surface area contributed by atoms with Crippen molar-refractivity contribution < 1.29 is 19.0 Å². The van der Waals surface area contributed by atoms with Crippen LogP contribution >= 0.6 is 15.9 Å². The molecule has 0 aliphatic carbocycles. The number of carbonyl (C=O) groups is 1. The number of fused-ring (bicyclic) bond motifs is 1. The van der Waals surface area contributed by atoms with E-state index in [2.05, 4.69) is 37.6 Å². The van der Waals surface area contributed by atoms with Gasteiger partial charge in [0.05, 0.1) is 12.1 Å². The highest BCUT2D eigenvalue weighted by atomic mass is 79.9. The molecule has 2 aromatic heterocycles. The van der Waals surface area contributed by atoms with Gasteiger partial charge < -0.3 is 18.8 Å². The number of carbonyl (C=O) groups excluding carboxylic acids is 1. The first kappa shape index (κ1) is 22.8. The summed E-state index contributed by atoms with van der Waals surface area (Å²) in [5.74, 6) is 0.0706. The number of aromatic nitrogens is 2. The van der Waals surface area contributed by atoms with Gasteiger partial charge in [-0.05, 0) is 59.6 Å². The summed E-state index contributed by atoms with van der Waals surface area (Å²) in [4.78, 5) is 17.6. The van der Waals surface area contributed by atoms with Crippen molar-refractivity contribution in [2.24, 2.45) is 0 Å². The monoisotopic (exact) mass is 520 g/mol. The van der Waals surface area contributed by atoms with Crippen molar-refractivity contribution in [3.8, 4) is 5.75 Å². The molecule has 0 radical (unpaired) electrons. The normalized spacial score (nSPS) is 17.2. The molecular formula is C27H25BrN2O4. The standard InChI is InChI=1S/C27H25BrN2O4/c1-27(2)33-17-21(34-27)16-32-20-9-10-22-23(26(31)19-8-11-25(28)29-13-19)15-30(24(22)12-20)14-18-6-4-3-5-7-18/h3-13,15,21H,14,16-17H2,1-2H3. The Bertz CT molecular complexity index is 1320. The summed E-state index contributed by atoms with van der Waals surface area (Å²) in [7, 11) is 0. The van der Waals surface area contributed by atoms with E-state index in [1.165, 1.54) is 0 Å². The van der Waals surface area contributed by atoms with Gasteiger partial charge >= 0.3 is 0 Å². The summed E-state index contributed by atoms with van der Waals surface area (Å²) in [6.45, 7) is 5.33. The summed E-state index contributed by atoms with van der Waals surface area (Å²) in [6, 6.07) is 19.6. The molecule has 6 nitrogen and oxygen atoms in total. The SMILES string of the molecule is CC1(C)OCC(COc2ccc3c(C(=O)c4ccc(Br)nc4)cn(Cc4ccccc4)c3c2)O1. The zero-order valence-corrected chi connectivity index (χ0v) is 20.6. The summed E-state index contributed by atoms with van der Waals surface area (Å²) < 4.78 is 20.3. The molecule has 1 saturated heterocycles. The Labute approximate surface area is 206 Å². The minimum Gasteiger partial charge on any atom is -0.491 e. The highest BCUT2D eigenvalue weighted by molar-refractivity contribution is 9.10. The van der Waals surface area contributed by atoms with Gasteiger partial charge in [-0.2, -0.15) is 0 Å². The number of halogens is 1. The van der Waals surface area contributed by atoms with Crippen molar-refractivity contribution in [1.29, 1.82) is 0 Å². The Kier molecular flexibility index (Phi) is 6.25. The lowest BCUT2D eigenvalue weighted by Crippen LogP contribution is -2.25. The quantitative estimate of drug-likeness (QED) is 0.234. The van der Waals surface area contributed by atoms with Crippen LogP contribution < -0.4 is 4.74 Å². The van der Waals surface area contributed by atoms with Crippen LogP contribution in [0.5, 0.6) is 5.75 Å². The fourth-order valence-electron chi connectivity index (χ4n) is 4.15. The Morgan fingerprint density at radius 2 is 2.00 bits per heavy atom. The van der Waals surface area contributed by atoms with Crippen LogP contribution in [0, 0.1) is 0 Å². The molecule has 0 saturated carbocycles. The van der Waals surface area contributed by atoms with Crippen molar-refractivity contribution in [1.82, 2.24) is 9.55 Å². The average Bonchev–Trinajstić information content (AvgIpc) is 3.37. The van der Waals surface area contributed by atoms with Gasteiger partial charge in [-0.15, -0.1) is 0 Å². The molecule has 1 aliphatic heterocycles. The maximum absolute atomic E-state index is 13.4. The molecule has 1 aliphatic rings. The maximum Gasteiger partial charge on any atom is 0.196 e. The highest BCUT2D eigenvalue weighted by Gasteiger charge is 2.33. The van der Waals surface area contributed by atoms with E-state index in [1.54, 1.807) is 18.3 Å². The van der Waals surface area contributed by atoms with Crippen LogP contribution in [0.15, 0.2) is 77.7 Å². The molecule has 1 unspecified atom stereocenters. The van der Waals surface area contributed by atoms with Gasteiger partial charge in [0.25, 0.3) is 0 Å². The third-order valence-electron chi connectivity index (χ3n) is 5.79. The van der Waals surface area contributed by atoms with Gasteiger partial charge in [-0.25, -0.2) is 4.98 Å². The van der Waals surface area contributed by atoms with E-state index in [9.17, 15) is 4.79 Å². The molecule has 1 atom stereocenters. The van der Waals surface area contributed by atoms with Crippen LogP contribution in [0.3, 0.4) is 0 Å². The zero-order valence-electron chi connectivity index (χ0n) is 19.0. The summed E-state index contributed by atoms with van der Waals surface area (Å²) >= 11 is 3.33. The molecular weight excluding hydrogens is 496 g/mol. The van der Waals surface area contributed by atoms with Gasteiger partial charge in [0.15, 0.2) is 11.6 Å². The average molecular weight is 521 g/mol. The number of rotatable bonds is 7. The molecule has 4 aromatic rings. The topological polar surface area (TPSA) is 62.6 Å². The number of hydrogen-bond acceptors (Lipinski definition) is 5. The smallest absolute Gasteiger partial charge is 0.196 e. The van der Waals surface area contributed by atoms with E-state index < -0.39 is 5.79 Å². The number of ketones is 1. The first-order chi connectivity index (χ1) is 16.4. The molecule has 2 aromatic carbocycles. The van der Waals surface area contributed by atoms with Gasteiger partial charge in [-0.3, -0.25) is 4.79 Å². The van der Waals surface area contributed by atoms with Crippen molar-refractivity contribution in [3.63, 3.8) is 0 Å². The fraction of sp³-hybridized carbons (Fsp3) is 0.259. The first-order valence-electron chi connectivity index (χ1n) is 11.2. The molecule has 7 heteroatoms. The lowest BCUT2D eigenvalue weighted by molar-refractivity contribution is -0.141. The van der Waals surface area contributed by atoms with Crippen molar-refractivity contribution in [3.05, 3.63) is 94.4 Å². The van der Waals surface area contributed by atoms with E-state index in [4.69, 9.17) is 14.2 Å². The maximum atomic E-state index is 13.4. The molecule has 34 heavy (non-hydrogen) atoms. The zero-order chi connectivity index (χ0) is 23.7. The predicted octanol–water partition coefficient (Wildman–Crippen LogP) is 5.61. The fourth-order valence-corrected chi connectivity index (χ4v) is 4.39. The minimum absolute atomic E-state index is 0.0655. The number of pyridine rings is 1. The Balaban J connectivity index is 1.47. The van der Waals surface area contributed by atoms with Gasteiger partial charge in [0.1, 0.15) is 23.1 Å².